The molecule has 7 nitrogen and oxygen atoms in total. The summed E-state index contributed by atoms with van der Waals surface area (Å²) in [6.45, 7) is 0.686. The highest BCUT2D eigenvalue weighted by atomic mass is 19.1. The SMILES string of the molecule is COc1ccc(C(=O)N2CCCC2Cc2cccc(F)c2)cc1-n1cnnn1. The van der Waals surface area contributed by atoms with Crippen molar-refractivity contribution in [2.24, 2.45) is 0 Å². The average molecular weight is 381 g/mol. The maximum atomic E-state index is 13.5. The van der Waals surface area contributed by atoms with Gasteiger partial charge in [0, 0.05) is 18.2 Å². The van der Waals surface area contributed by atoms with Crippen molar-refractivity contribution in [2.45, 2.75) is 25.3 Å². The number of ether oxygens (including phenoxy) is 1. The third-order valence-corrected chi connectivity index (χ3v) is 5.02. The van der Waals surface area contributed by atoms with Crippen LogP contribution in [0.4, 0.5) is 4.39 Å². The number of tetrazole rings is 1. The van der Waals surface area contributed by atoms with Gasteiger partial charge in [-0.3, -0.25) is 4.79 Å². The topological polar surface area (TPSA) is 73.1 Å². The number of rotatable bonds is 5. The standard InChI is InChI=1S/C20H20FN5O2/c1-28-19-8-7-15(12-18(19)26-13-22-23-24-26)20(27)25-9-3-6-17(25)11-14-4-2-5-16(21)10-14/h2,4-5,7-8,10,12-13,17H,3,6,9,11H2,1H3. The number of carbonyl (C=O) groups is 1. The molecule has 1 saturated heterocycles. The molecule has 0 bridgehead atoms. The Hall–Kier alpha value is -3.29. The lowest BCUT2D eigenvalue weighted by Crippen LogP contribution is -2.36. The van der Waals surface area contributed by atoms with Crippen molar-refractivity contribution in [3.05, 3.63) is 65.7 Å². The molecule has 1 amide bonds. The summed E-state index contributed by atoms with van der Waals surface area (Å²) < 4.78 is 20.3. The van der Waals surface area contributed by atoms with E-state index in [0.717, 1.165) is 18.4 Å². The van der Waals surface area contributed by atoms with E-state index in [-0.39, 0.29) is 17.8 Å². The molecule has 4 rings (SSSR count). The molecule has 144 valence electrons. The first-order chi connectivity index (χ1) is 13.7. The number of methoxy groups -OCH3 is 1. The number of amides is 1. The number of halogens is 1. The summed E-state index contributed by atoms with van der Waals surface area (Å²) in [4.78, 5) is 15.1. The zero-order chi connectivity index (χ0) is 19.5. The lowest BCUT2D eigenvalue weighted by Gasteiger charge is -2.25. The highest BCUT2D eigenvalue weighted by molar-refractivity contribution is 5.95. The Balaban J connectivity index is 1.59. The molecule has 1 fully saturated rings. The summed E-state index contributed by atoms with van der Waals surface area (Å²) in [7, 11) is 1.56. The maximum absolute atomic E-state index is 13.5. The van der Waals surface area contributed by atoms with E-state index in [0.29, 0.717) is 30.0 Å². The van der Waals surface area contributed by atoms with Gasteiger partial charge in [0.25, 0.3) is 5.91 Å². The van der Waals surface area contributed by atoms with E-state index in [2.05, 4.69) is 15.5 Å². The Kier molecular flexibility index (Phi) is 5.01. The summed E-state index contributed by atoms with van der Waals surface area (Å²) >= 11 is 0. The molecule has 8 heteroatoms. The predicted molar refractivity (Wildman–Crippen MR) is 99.9 cm³/mol. The van der Waals surface area contributed by atoms with Gasteiger partial charge in [-0.05, 0) is 65.6 Å². The van der Waals surface area contributed by atoms with Crippen LogP contribution in [0, 0.1) is 5.82 Å². The summed E-state index contributed by atoms with van der Waals surface area (Å²) in [6.07, 6.45) is 3.92. The van der Waals surface area contributed by atoms with Gasteiger partial charge in [-0.25, -0.2) is 4.39 Å². The van der Waals surface area contributed by atoms with Crippen molar-refractivity contribution in [1.29, 1.82) is 0 Å². The number of likely N-dealkylation sites (tertiary alicyclic amines) is 1. The first-order valence-corrected chi connectivity index (χ1v) is 9.12. The number of aromatic nitrogens is 4. The fourth-order valence-corrected chi connectivity index (χ4v) is 3.69. The van der Waals surface area contributed by atoms with Crippen molar-refractivity contribution < 1.29 is 13.9 Å². The van der Waals surface area contributed by atoms with Gasteiger partial charge in [-0.1, -0.05) is 12.1 Å². The van der Waals surface area contributed by atoms with Crippen LogP contribution < -0.4 is 4.74 Å². The second-order valence-corrected chi connectivity index (χ2v) is 6.77. The Labute approximate surface area is 161 Å². The monoisotopic (exact) mass is 381 g/mol. The lowest BCUT2D eigenvalue weighted by molar-refractivity contribution is 0.0736. The van der Waals surface area contributed by atoms with Crippen LogP contribution >= 0.6 is 0 Å². The minimum Gasteiger partial charge on any atom is -0.494 e. The molecule has 2 aromatic carbocycles. The van der Waals surface area contributed by atoms with Crippen LogP contribution in [0.3, 0.4) is 0 Å². The van der Waals surface area contributed by atoms with E-state index in [1.807, 2.05) is 11.0 Å². The smallest absolute Gasteiger partial charge is 0.254 e. The highest BCUT2D eigenvalue weighted by Crippen LogP contribution is 2.27. The molecule has 1 aromatic heterocycles. The van der Waals surface area contributed by atoms with Crippen LogP contribution in [0.15, 0.2) is 48.8 Å². The Morgan fingerprint density at radius 3 is 2.93 bits per heavy atom. The van der Waals surface area contributed by atoms with E-state index in [1.54, 1.807) is 31.4 Å². The van der Waals surface area contributed by atoms with Crippen molar-refractivity contribution in [3.63, 3.8) is 0 Å². The van der Waals surface area contributed by atoms with Crippen LogP contribution in [-0.4, -0.2) is 50.7 Å². The van der Waals surface area contributed by atoms with Gasteiger partial charge in [0.15, 0.2) is 0 Å². The molecule has 1 atom stereocenters. The number of benzene rings is 2. The number of carbonyl (C=O) groups excluding carboxylic acids is 1. The zero-order valence-electron chi connectivity index (χ0n) is 15.5. The Morgan fingerprint density at radius 1 is 1.29 bits per heavy atom. The van der Waals surface area contributed by atoms with Crippen molar-refractivity contribution in [3.8, 4) is 11.4 Å². The molecule has 1 unspecified atom stereocenters. The first kappa shape index (κ1) is 18.1. The number of nitrogens with zero attached hydrogens (tertiary/aromatic N) is 5. The summed E-state index contributed by atoms with van der Waals surface area (Å²) in [5.41, 5.74) is 2.03. The molecule has 1 aliphatic heterocycles. The first-order valence-electron chi connectivity index (χ1n) is 9.12. The van der Waals surface area contributed by atoms with E-state index < -0.39 is 0 Å². The van der Waals surface area contributed by atoms with E-state index in [1.165, 1.54) is 23.1 Å². The van der Waals surface area contributed by atoms with E-state index in [4.69, 9.17) is 4.74 Å². The van der Waals surface area contributed by atoms with Gasteiger partial charge < -0.3 is 9.64 Å². The average Bonchev–Trinajstić information content (AvgIpc) is 3.39. The van der Waals surface area contributed by atoms with Gasteiger partial charge in [0.2, 0.25) is 0 Å². The Morgan fingerprint density at radius 2 is 2.18 bits per heavy atom. The molecular weight excluding hydrogens is 361 g/mol. The third-order valence-electron chi connectivity index (χ3n) is 5.02. The van der Waals surface area contributed by atoms with Crippen LogP contribution in [-0.2, 0) is 6.42 Å². The van der Waals surface area contributed by atoms with Crippen LogP contribution in [0.2, 0.25) is 0 Å². The van der Waals surface area contributed by atoms with Gasteiger partial charge in [-0.15, -0.1) is 5.10 Å². The fourth-order valence-electron chi connectivity index (χ4n) is 3.69. The molecule has 1 aliphatic rings. The molecule has 3 aromatic rings. The van der Waals surface area contributed by atoms with Crippen LogP contribution in [0.1, 0.15) is 28.8 Å². The molecule has 0 N–H and O–H groups in total. The largest absolute Gasteiger partial charge is 0.494 e. The molecule has 0 radical (unpaired) electrons. The van der Waals surface area contributed by atoms with Crippen molar-refractivity contribution in [2.75, 3.05) is 13.7 Å². The van der Waals surface area contributed by atoms with E-state index in [9.17, 15) is 9.18 Å². The third kappa shape index (κ3) is 3.58. The number of hydrogen-bond acceptors (Lipinski definition) is 5. The van der Waals surface area contributed by atoms with Gasteiger partial charge in [-0.2, -0.15) is 4.68 Å². The quantitative estimate of drug-likeness (QED) is 0.679. The maximum Gasteiger partial charge on any atom is 0.254 e. The molecule has 28 heavy (non-hydrogen) atoms. The molecule has 2 heterocycles. The van der Waals surface area contributed by atoms with Crippen molar-refractivity contribution >= 4 is 5.91 Å². The predicted octanol–water partition coefficient (Wildman–Crippen LogP) is 2.66. The van der Waals surface area contributed by atoms with Gasteiger partial charge >= 0.3 is 0 Å². The lowest BCUT2D eigenvalue weighted by atomic mass is 10.0. The molecular formula is C20H20FN5O2. The Bertz CT molecular complexity index is 976. The number of hydrogen-bond donors (Lipinski definition) is 0. The minimum atomic E-state index is -0.255. The molecule has 0 aliphatic carbocycles. The van der Waals surface area contributed by atoms with E-state index >= 15 is 0 Å². The summed E-state index contributed by atoms with van der Waals surface area (Å²) in [5.74, 6) is 0.257. The second-order valence-electron chi connectivity index (χ2n) is 6.77. The van der Waals surface area contributed by atoms with Gasteiger partial charge in [0.05, 0.1) is 7.11 Å². The fraction of sp³-hybridized carbons (Fsp3) is 0.300. The minimum absolute atomic E-state index is 0.0490. The summed E-state index contributed by atoms with van der Waals surface area (Å²) in [6, 6.07) is 11.8. The zero-order valence-corrected chi connectivity index (χ0v) is 15.5. The normalized spacial score (nSPS) is 16.4. The van der Waals surface area contributed by atoms with Crippen molar-refractivity contribution in [1.82, 2.24) is 25.1 Å². The second kappa shape index (κ2) is 7.75. The molecule has 0 saturated carbocycles. The van der Waals surface area contributed by atoms with Crippen LogP contribution in [0.5, 0.6) is 5.75 Å². The summed E-state index contributed by atoms with van der Waals surface area (Å²) in [5, 5.41) is 11.2. The molecule has 0 spiro atoms. The van der Waals surface area contributed by atoms with Gasteiger partial charge in [0.1, 0.15) is 23.6 Å². The van der Waals surface area contributed by atoms with Crippen LogP contribution in [0.25, 0.3) is 5.69 Å². The highest BCUT2D eigenvalue weighted by Gasteiger charge is 2.30.